The predicted molar refractivity (Wildman–Crippen MR) is 649 cm³/mol. The number of fused-ring (bicyclic) bond motifs is 10. The standard InChI is InChI=1S/C26H20N2S5.C24H27N.C18H16N2S3.2C17H18.C16H12N2S3.C8H8N2S/c1-13-11-21(31-25(13)19-9-5-15(3)29-19)17-7-8-18(24-23(17)27-33-28-24)22-12-14(2)26(32-22)20-10-6-16(4)30-20;1-5-20(4)21-10-16-24(17-11-21)25(22-12-6-18(2)7-13-22)23-14-8-19(3)9-15-23;1-9-7-15(21-11(9)3)13-5-6-14(18-17(13)19-23-20-18)16-8-10(2)12(4)22-16;2*1-11-5-7-13-14-8-6-12(2)10-16(14)17(3,4)15(13)9-11;1-9-3-7-13(19-9)11-5-6-12(14-8-4-10(2)20-14)16-15(11)17-21-18-16;1-5-3-4-6(2)8-7(5)9-11-10-8/h5-12H,1-4H3;6-17,20H,5H2,1-4H3;5-8H,1-4H3;2*5-10H,1-4H3;3-8H,1-2H3;3-4H,1-2H3. The number of benzene rings is 11. The summed E-state index contributed by atoms with van der Waals surface area (Å²) >= 11 is 19.9. The molecule has 0 saturated heterocycles. The topological polar surface area (TPSA) is 106 Å². The van der Waals surface area contributed by atoms with Gasteiger partial charge in [0.25, 0.3) is 0 Å². The number of aromatic nitrogens is 8. The molecule has 0 N–H and O–H groups in total. The van der Waals surface area contributed by atoms with Crippen LogP contribution >= 0.6 is 138 Å². The molecule has 11 aromatic carbocycles. The maximum atomic E-state index is 4.73. The molecule has 0 fully saturated rings. The van der Waals surface area contributed by atoms with E-state index in [0.717, 1.165) is 44.1 Å². The third-order valence-corrected chi connectivity index (χ3v) is 39.6. The van der Waals surface area contributed by atoms with E-state index in [1.54, 1.807) is 22.7 Å². The van der Waals surface area contributed by atoms with Crippen molar-refractivity contribution in [2.45, 2.75) is 189 Å². The number of anilines is 3. The summed E-state index contributed by atoms with van der Waals surface area (Å²) in [6, 6.07) is 97.8. The van der Waals surface area contributed by atoms with Crippen LogP contribution < -0.4 is 4.90 Å². The molecule has 12 aromatic heterocycles. The van der Waals surface area contributed by atoms with Gasteiger partial charge in [-0.3, -0.25) is 0 Å². The zero-order valence-corrected chi connectivity index (χ0v) is 97.4. The Bertz CT molecular complexity index is 8120. The third kappa shape index (κ3) is 21.7. The maximum absolute atomic E-state index is 4.73. The summed E-state index contributed by atoms with van der Waals surface area (Å²) in [7, 11) is 0. The Morgan fingerprint density at radius 1 is 0.224 bits per heavy atom. The molecular formula is C126H119N9S12. The second kappa shape index (κ2) is 43.7. The minimum Gasteiger partial charge on any atom is -0.311 e. The molecule has 12 heterocycles. The molecule has 1 unspecified atom stereocenters. The van der Waals surface area contributed by atoms with Crippen LogP contribution in [0, 0.1) is 125 Å². The molecule has 0 saturated carbocycles. The Morgan fingerprint density at radius 2 is 0.469 bits per heavy atom. The fourth-order valence-corrected chi connectivity index (χ4v) is 30.0. The van der Waals surface area contributed by atoms with Crippen molar-refractivity contribution >= 4 is 199 Å². The second-order valence-electron chi connectivity index (χ2n) is 40.0. The van der Waals surface area contributed by atoms with Gasteiger partial charge in [-0.05, 0) is 330 Å². The van der Waals surface area contributed by atoms with Crippen molar-refractivity contribution < 1.29 is 0 Å². The number of nitrogens with zero attached hydrogens (tertiary/aromatic N) is 9. The minimum absolute atomic E-state index is 0.142. The number of aryl methyl sites for hydroxylation is 18. The summed E-state index contributed by atoms with van der Waals surface area (Å²) in [6.07, 6.45) is 1.17. The molecule has 2 aliphatic rings. The van der Waals surface area contributed by atoms with Crippen LogP contribution in [0.2, 0.25) is 0 Å². The SMILES string of the molecule is CCC(C)c1ccc(N(c2ccc(C)cc2)c2ccc(C)cc2)cc1.Cc1cc(-c2ccc(-c3cc(C)c(C)s3)c3nsnc23)sc1C.Cc1ccc(-c2ccc(-c3ccc(C)s3)c3nsnc23)s1.Cc1ccc(-c2sc(-c3ccc(-c4cc(C)c(-c5ccc(C)s5)s4)c4nsnc34)cc2C)s1.Cc1ccc(C)c2nsnc12.Cc1ccc2c(c1)C(C)(C)c1cc(C)ccc1-2.Cc1ccc2c(c1)C(C)(C)c1cc(C)ccc1-2. The molecule has 2 aliphatic carbocycles. The highest BCUT2D eigenvalue weighted by atomic mass is 32.2. The quantitative estimate of drug-likeness (QED) is 0.112. The second-order valence-corrected chi connectivity index (χ2v) is 51.8. The van der Waals surface area contributed by atoms with Gasteiger partial charge in [0.05, 0.1) is 46.9 Å². The highest BCUT2D eigenvalue weighted by Gasteiger charge is 2.37. The fourth-order valence-electron chi connectivity index (χ4n) is 19.3. The molecule has 740 valence electrons. The van der Waals surface area contributed by atoms with Crippen LogP contribution in [0.4, 0.5) is 17.1 Å². The number of hydrogen-bond donors (Lipinski definition) is 0. The molecule has 0 spiro atoms. The number of rotatable bonds is 13. The first-order valence-electron chi connectivity index (χ1n) is 49.7. The lowest BCUT2D eigenvalue weighted by Crippen LogP contribution is -2.15. The Balaban J connectivity index is 0.000000110. The molecule has 0 radical (unpaired) electrons. The van der Waals surface area contributed by atoms with Gasteiger partial charge in [0.2, 0.25) is 0 Å². The smallest absolute Gasteiger partial charge is 0.114 e. The Morgan fingerprint density at radius 3 is 0.735 bits per heavy atom. The van der Waals surface area contributed by atoms with E-state index in [2.05, 4.69) is 464 Å². The first kappa shape index (κ1) is 104. The van der Waals surface area contributed by atoms with Gasteiger partial charge in [-0.2, -0.15) is 35.0 Å². The summed E-state index contributed by atoms with van der Waals surface area (Å²) in [5.74, 6) is 0.598. The molecule has 0 aliphatic heterocycles. The zero-order valence-electron chi connectivity index (χ0n) is 87.6. The van der Waals surface area contributed by atoms with Crippen molar-refractivity contribution in [1.82, 2.24) is 35.0 Å². The van der Waals surface area contributed by atoms with Crippen LogP contribution in [0.1, 0.15) is 178 Å². The highest BCUT2D eigenvalue weighted by molar-refractivity contribution is 7.25. The lowest BCUT2D eigenvalue weighted by atomic mass is 9.81. The van der Waals surface area contributed by atoms with Gasteiger partial charge >= 0.3 is 0 Å². The van der Waals surface area contributed by atoms with Crippen molar-refractivity contribution in [3.63, 3.8) is 0 Å². The molecular weight excluding hydrogens is 2020 g/mol. The van der Waals surface area contributed by atoms with E-state index in [4.69, 9.17) is 8.75 Å². The molecule has 21 heteroatoms. The summed E-state index contributed by atoms with van der Waals surface area (Å²) in [6.45, 7) is 52.6. The van der Waals surface area contributed by atoms with E-state index in [0.29, 0.717) is 5.92 Å². The van der Waals surface area contributed by atoms with Crippen molar-refractivity contribution in [3.05, 3.63) is 391 Å². The maximum Gasteiger partial charge on any atom is 0.114 e. The van der Waals surface area contributed by atoms with Gasteiger partial charge in [-0.15, -0.1) is 90.7 Å². The van der Waals surface area contributed by atoms with E-state index in [1.807, 2.05) is 68.0 Å². The van der Waals surface area contributed by atoms with E-state index in [-0.39, 0.29) is 10.8 Å². The van der Waals surface area contributed by atoms with Crippen LogP contribution in [0.3, 0.4) is 0 Å². The molecule has 1 atom stereocenters. The van der Waals surface area contributed by atoms with Crippen LogP contribution in [0.5, 0.6) is 0 Å². The normalized spacial score (nSPS) is 12.5. The number of thiophene rings is 8. The lowest BCUT2D eigenvalue weighted by molar-refractivity contribution is 0.659. The Labute approximate surface area is 914 Å². The van der Waals surface area contributed by atoms with Crippen LogP contribution in [-0.4, -0.2) is 35.0 Å². The highest BCUT2D eigenvalue weighted by Crippen LogP contribution is 2.54. The van der Waals surface area contributed by atoms with E-state index < -0.39 is 0 Å². The zero-order chi connectivity index (χ0) is 103. The third-order valence-electron chi connectivity index (χ3n) is 28.1. The van der Waals surface area contributed by atoms with Gasteiger partial charge in [0, 0.05) is 139 Å². The van der Waals surface area contributed by atoms with Gasteiger partial charge in [-0.25, -0.2) is 0 Å². The average Bonchev–Trinajstić information content (AvgIpc) is 1.58. The largest absolute Gasteiger partial charge is 0.311 e. The summed E-state index contributed by atoms with van der Waals surface area (Å²) in [4.78, 5) is 23.4. The van der Waals surface area contributed by atoms with Crippen molar-refractivity contribution in [2.24, 2.45) is 0 Å². The molecule has 23 aromatic rings. The van der Waals surface area contributed by atoms with Crippen molar-refractivity contribution in [3.8, 4) is 104 Å². The summed E-state index contributed by atoms with van der Waals surface area (Å²) < 4.78 is 36.1. The first-order valence-corrected chi connectivity index (χ1v) is 59.1. The lowest BCUT2D eigenvalue weighted by Gasteiger charge is -2.26. The molecule has 0 amide bonds. The van der Waals surface area contributed by atoms with E-state index in [1.165, 1.54) is 299 Å². The van der Waals surface area contributed by atoms with Gasteiger partial charge < -0.3 is 4.90 Å². The van der Waals surface area contributed by atoms with Gasteiger partial charge in [0.1, 0.15) is 44.1 Å². The molecule has 25 rings (SSSR count). The molecule has 9 nitrogen and oxygen atoms in total. The summed E-state index contributed by atoms with van der Waals surface area (Å²) in [5, 5.41) is 0. The van der Waals surface area contributed by atoms with E-state index >= 15 is 0 Å². The van der Waals surface area contributed by atoms with Crippen molar-refractivity contribution in [1.29, 1.82) is 0 Å². The molecule has 147 heavy (non-hydrogen) atoms. The monoisotopic (exact) mass is 2140 g/mol. The van der Waals surface area contributed by atoms with Crippen molar-refractivity contribution in [2.75, 3.05) is 4.90 Å². The van der Waals surface area contributed by atoms with E-state index in [9.17, 15) is 0 Å². The Kier molecular flexibility index (Phi) is 30.8. The molecule has 0 bridgehead atoms. The number of hydrogen-bond acceptors (Lipinski definition) is 21. The predicted octanol–water partition coefficient (Wildman–Crippen LogP) is 40.8. The van der Waals surface area contributed by atoms with Gasteiger partial charge in [0.15, 0.2) is 0 Å². The average molecular weight is 2140 g/mol. The van der Waals surface area contributed by atoms with Crippen LogP contribution in [0.15, 0.2) is 267 Å². The van der Waals surface area contributed by atoms with Crippen LogP contribution in [0.25, 0.3) is 149 Å². The summed E-state index contributed by atoms with van der Waals surface area (Å²) in [5.41, 5.74) is 47.8. The van der Waals surface area contributed by atoms with Crippen LogP contribution in [-0.2, 0) is 10.8 Å². The first-order chi connectivity index (χ1) is 70.6. The van der Waals surface area contributed by atoms with Gasteiger partial charge in [-0.1, -0.05) is 233 Å². The Hall–Kier alpha value is -11.9. The fraction of sp³-hybridized carbons (Fsp3) is 0.222. The minimum atomic E-state index is 0.142.